The largest absolute Gasteiger partial charge is 0.489 e. The van der Waals surface area contributed by atoms with E-state index in [1.165, 1.54) is 12.1 Å². The van der Waals surface area contributed by atoms with Crippen molar-refractivity contribution >= 4 is 22.7 Å². The Morgan fingerprint density at radius 2 is 1.93 bits per heavy atom. The molecule has 1 aliphatic carbocycles. The van der Waals surface area contributed by atoms with Crippen LogP contribution in [-0.4, -0.2) is 58.9 Å². The number of aliphatic hydroxyl groups is 1. The van der Waals surface area contributed by atoms with E-state index in [0.29, 0.717) is 62.8 Å². The summed E-state index contributed by atoms with van der Waals surface area (Å²) in [5, 5.41) is 13.2. The summed E-state index contributed by atoms with van der Waals surface area (Å²) in [4.78, 5) is 35.0. The zero-order valence-electron chi connectivity index (χ0n) is 24.4. The highest BCUT2D eigenvalue weighted by atomic mass is 19.1. The number of benzene rings is 2. The van der Waals surface area contributed by atoms with Crippen molar-refractivity contribution < 1.29 is 33.3 Å². The van der Waals surface area contributed by atoms with Crippen LogP contribution >= 0.6 is 0 Å². The Bertz CT molecular complexity index is 1740. The molecular weight excluding hydrogens is 567 g/mol. The predicted octanol–water partition coefficient (Wildman–Crippen LogP) is 3.84. The molecule has 228 valence electrons. The standard InChI is InChI=1S/C33H33FN4O6/c1-18(39)16-42-27-10-5-20-13-21(14-26(28(20)38-27)44-24-8-9-24)31(40)36-12-11-23-15-25-30(43-17-33(25,2)32(35)41)29(37-23)19-3-6-22(34)7-4-19/h3-7,10,13-15,18,24,39H,8-9,11-12,16-17H2,1-2H3,(H2,35,41)(H,36,40)/t18-,33+/m1/s1. The molecule has 44 heavy (non-hydrogen) atoms. The van der Waals surface area contributed by atoms with Gasteiger partial charge in [0.15, 0.2) is 0 Å². The average molecular weight is 601 g/mol. The Morgan fingerprint density at radius 1 is 1.16 bits per heavy atom. The third-order valence-electron chi connectivity index (χ3n) is 7.74. The second-order valence-electron chi connectivity index (χ2n) is 11.5. The van der Waals surface area contributed by atoms with Gasteiger partial charge in [0.25, 0.3) is 5.91 Å². The van der Waals surface area contributed by atoms with Crippen LogP contribution < -0.4 is 25.3 Å². The molecule has 0 radical (unpaired) electrons. The lowest BCUT2D eigenvalue weighted by Gasteiger charge is -2.19. The van der Waals surface area contributed by atoms with Crippen LogP contribution in [0.3, 0.4) is 0 Å². The SMILES string of the molecule is C[C@@H](O)COc1ccc2cc(C(=O)NCCc3cc4c(c(-c5ccc(F)cc5)n3)OC[C@]4(C)C(N)=O)cc(OC3CC3)c2n1. The molecule has 0 unspecified atom stereocenters. The fraction of sp³-hybridized carbons (Fsp3) is 0.333. The van der Waals surface area contributed by atoms with Crippen molar-refractivity contribution in [2.45, 2.75) is 50.7 Å². The van der Waals surface area contributed by atoms with E-state index in [0.717, 1.165) is 12.8 Å². The number of hydrogen-bond acceptors (Lipinski definition) is 8. The lowest BCUT2D eigenvalue weighted by Crippen LogP contribution is -2.39. The molecule has 1 aliphatic heterocycles. The number of pyridine rings is 2. The molecule has 2 aliphatic rings. The molecule has 2 aromatic heterocycles. The van der Waals surface area contributed by atoms with E-state index in [4.69, 9.17) is 24.9 Å². The molecule has 2 atom stereocenters. The van der Waals surface area contributed by atoms with Crippen LogP contribution in [-0.2, 0) is 16.6 Å². The first-order valence-electron chi connectivity index (χ1n) is 14.5. The van der Waals surface area contributed by atoms with Gasteiger partial charge in [-0.25, -0.2) is 14.4 Å². The van der Waals surface area contributed by atoms with Gasteiger partial charge in [-0.1, -0.05) is 0 Å². The molecule has 0 spiro atoms. The average Bonchev–Trinajstić information content (AvgIpc) is 3.76. The summed E-state index contributed by atoms with van der Waals surface area (Å²) in [7, 11) is 0. The number of hydrogen-bond donors (Lipinski definition) is 3. The quantitative estimate of drug-likeness (QED) is 0.235. The maximum absolute atomic E-state index is 13.6. The molecule has 3 heterocycles. The summed E-state index contributed by atoms with van der Waals surface area (Å²) >= 11 is 0. The molecule has 0 saturated heterocycles. The molecule has 10 nitrogen and oxygen atoms in total. The summed E-state index contributed by atoms with van der Waals surface area (Å²) in [5.41, 5.74) is 8.03. The summed E-state index contributed by atoms with van der Waals surface area (Å²) in [6.45, 7) is 3.79. The van der Waals surface area contributed by atoms with Crippen LogP contribution in [0.15, 0.2) is 54.6 Å². The van der Waals surface area contributed by atoms with Gasteiger partial charge in [-0.3, -0.25) is 9.59 Å². The van der Waals surface area contributed by atoms with Gasteiger partial charge in [-0.15, -0.1) is 0 Å². The molecule has 2 aromatic carbocycles. The number of amides is 2. The highest BCUT2D eigenvalue weighted by Gasteiger charge is 2.43. The molecule has 1 saturated carbocycles. The van der Waals surface area contributed by atoms with Gasteiger partial charge < -0.3 is 30.4 Å². The van der Waals surface area contributed by atoms with Crippen LogP contribution in [0.1, 0.15) is 48.3 Å². The van der Waals surface area contributed by atoms with E-state index < -0.39 is 17.4 Å². The van der Waals surface area contributed by atoms with E-state index in [1.54, 1.807) is 56.3 Å². The third-order valence-corrected chi connectivity index (χ3v) is 7.74. The lowest BCUT2D eigenvalue weighted by atomic mass is 9.83. The topological polar surface area (TPSA) is 146 Å². The Labute approximate surface area is 253 Å². The third kappa shape index (κ3) is 6.00. The number of carbonyl (C=O) groups is 2. The fourth-order valence-corrected chi connectivity index (χ4v) is 5.04. The van der Waals surface area contributed by atoms with Crippen LogP contribution in [0.25, 0.3) is 22.2 Å². The normalized spacial score (nSPS) is 17.9. The molecule has 4 aromatic rings. The maximum atomic E-state index is 13.6. The number of aromatic nitrogens is 2. The first kappa shape index (κ1) is 29.3. The maximum Gasteiger partial charge on any atom is 0.251 e. The van der Waals surface area contributed by atoms with Crippen LogP contribution in [0.4, 0.5) is 4.39 Å². The number of primary amides is 1. The van der Waals surface area contributed by atoms with Crippen molar-refractivity contribution in [3.8, 4) is 28.6 Å². The van der Waals surface area contributed by atoms with E-state index >= 15 is 0 Å². The van der Waals surface area contributed by atoms with Gasteiger partial charge in [-0.05, 0) is 75.2 Å². The number of fused-ring (bicyclic) bond motifs is 2. The van der Waals surface area contributed by atoms with Crippen LogP contribution in [0.5, 0.6) is 17.4 Å². The van der Waals surface area contributed by atoms with E-state index in [1.807, 2.05) is 0 Å². The second kappa shape index (κ2) is 11.7. The van der Waals surface area contributed by atoms with Gasteiger partial charge in [0.05, 0.1) is 12.2 Å². The Hall–Kier alpha value is -4.77. The number of aliphatic hydroxyl groups excluding tert-OH is 1. The van der Waals surface area contributed by atoms with Crippen molar-refractivity contribution in [1.82, 2.24) is 15.3 Å². The van der Waals surface area contributed by atoms with Crippen molar-refractivity contribution in [1.29, 1.82) is 0 Å². The summed E-state index contributed by atoms with van der Waals surface area (Å²) in [5.74, 6) is 0.0877. The van der Waals surface area contributed by atoms with Crippen molar-refractivity contribution in [2.75, 3.05) is 19.8 Å². The smallest absolute Gasteiger partial charge is 0.251 e. The van der Waals surface area contributed by atoms with Crippen LogP contribution in [0.2, 0.25) is 0 Å². The van der Waals surface area contributed by atoms with E-state index in [-0.39, 0.29) is 37.6 Å². The number of halogens is 1. The van der Waals surface area contributed by atoms with Crippen molar-refractivity contribution in [2.24, 2.45) is 5.73 Å². The second-order valence-corrected chi connectivity index (χ2v) is 11.5. The molecule has 0 bridgehead atoms. The number of nitrogens with two attached hydrogens (primary N) is 1. The zero-order valence-corrected chi connectivity index (χ0v) is 24.4. The first-order chi connectivity index (χ1) is 21.1. The van der Waals surface area contributed by atoms with Gasteiger partial charge in [-0.2, -0.15) is 0 Å². The van der Waals surface area contributed by atoms with E-state index in [9.17, 15) is 19.1 Å². The number of rotatable bonds is 11. The zero-order chi connectivity index (χ0) is 31.0. The van der Waals surface area contributed by atoms with Crippen molar-refractivity contribution in [3.05, 3.63) is 77.2 Å². The number of ether oxygens (including phenoxy) is 3. The molecule has 11 heteroatoms. The molecule has 2 amide bonds. The Balaban J connectivity index is 1.23. The van der Waals surface area contributed by atoms with Gasteiger partial charge in [0.2, 0.25) is 11.8 Å². The molecule has 6 rings (SSSR count). The van der Waals surface area contributed by atoms with Crippen molar-refractivity contribution in [3.63, 3.8) is 0 Å². The molecular formula is C33H33FN4O6. The lowest BCUT2D eigenvalue weighted by molar-refractivity contribution is -0.123. The Kier molecular flexibility index (Phi) is 7.81. The summed E-state index contributed by atoms with van der Waals surface area (Å²) in [6, 6.07) is 14.6. The number of carbonyl (C=O) groups excluding carboxylic acids is 2. The summed E-state index contributed by atoms with van der Waals surface area (Å²) in [6.07, 6.45) is 1.67. The Morgan fingerprint density at radius 3 is 2.64 bits per heavy atom. The fourth-order valence-electron chi connectivity index (χ4n) is 5.04. The minimum atomic E-state index is -1.05. The van der Waals surface area contributed by atoms with E-state index in [2.05, 4.69) is 10.3 Å². The number of nitrogens with zero attached hydrogens (tertiary/aromatic N) is 2. The monoisotopic (exact) mass is 600 g/mol. The van der Waals surface area contributed by atoms with Gasteiger partial charge >= 0.3 is 0 Å². The first-order valence-corrected chi connectivity index (χ1v) is 14.5. The summed E-state index contributed by atoms with van der Waals surface area (Å²) < 4.78 is 31.2. The predicted molar refractivity (Wildman–Crippen MR) is 160 cm³/mol. The minimum Gasteiger partial charge on any atom is -0.489 e. The molecule has 4 N–H and O–H groups in total. The minimum absolute atomic E-state index is 0.0734. The number of nitrogens with one attached hydrogen (secondary N) is 1. The highest BCUT2D eigenvalue weighted by molar-refractivity contribution is 6.00. The highest BCUT2D eigenvalue weighted by Crippen LogP contribution is 2.44. The molecule has 1 fully saturated rings. The van der Waals surface area contributed by atoms with Gasteiger partial charge in [0, 0.05) is 46.8 Å². The van der Waals surface area contributed by atoms with Gasteiger partial charge in [0.1, 0.15) is 47.2 Å². The van der Waals surface area contributed by atoms with Crippen LogP contribution in [0, 0.1) is 5.82 Å².